The van der Waals surface area contributed by atoms with Crippen LogP contribution in [-0.2, 0) is 17.8 Å². The summed E-state index contributed by atoms with van der Waals surface area (Å²) in [5.74, 6) is 0.292. The monoisotopic (exact) mass is 449 g/mol. The van der Waals surface area contributed by atoms with Crippen LogP contribution in [0.2, 0.25) is 5.02 Å². The largest absolute Gasteiger partial charge is 0.488 e. The van der Waals surface area contributed by atoms with Crippen LogP contribution in [0.25, 0.3) is 6.08 Å². The predicted molar refractivity (Wildman–Crippen MR) is 126 cm³/mol. The fraction of sp³-hybridized carbons (Fsp3) is 0.120. The Balaban J connectivity index is 1.60. The fourth-order valence-electron chi connectivity index (χ4n) is 3.35. The number of carbonyl (C=O) groups excluding carboxylic acids is 2. The van der Waals surface area contributed by atoms with E-state index >= 15 is 0 Å². The van der Waals surface area contributed by atoms with Crippen LogP contribution in [0.4, 0.5) is 10.5 Å². The minimum atomic E-state index is -0.322. The highest BCUT2D eigenvalue weighted by molar-refractivity contribution is 8.19. The number of ether oxygens (including phenoxy) is 1. The van der Waals surface area contributed by atoms with Crippen LogP contribution in [-0.4, -0.2) is 11.1 Å². The molecule has 0 atom stereocenters. The van der Waals surface area contributed by atoms with Gasteiger partial charge < -0.3 is 4.74 Å². The lowest BCUT2D eigenvalue weighted by Crippen LogP contribution is -2.28. The summed E-state index contributed by atoms with van der Waals surface area (Å²) in [5.41, 5.74) is 3.19. The van der Waals surface area contributed by atoms with Crippen molar-refractivity contribution in [3.8, 4) is 5.75 Å². The summed E-state index contributed by atoms with van der Waals surface area (Å²) >= 11 is 7.16. The van der Waals surface area contributed by atoms with Gasteiger partial charge in [0.05, 0.1) is 10.6 Å². The highest BCUT2D eigenvalue weighted by Crippen LogP contribution is 2.38. The maximum atomic E-state index is 13.1. The molecule has 1 aliphatic heterocycles. The Bertz CT molecular complexity index is 1170. The van der Waals surface area contributed by atoms with Crippen LogP contribution in [0.15, 0.2) is 77.7 Å². The number of hydrogen-bond acceptors (Lipinski definition) is 4. The lowest BCUT2D eigenvalue weighted by atomic mass is 10.1. The molecule has 0 bridgehead atoms. The lowest BCUT2D eigenvalue weighted by Gasteiger charge is -2.16. The standard InChI is InChI=1S/C25H20ClNO3S/c1-2-17-9-4-7-13-21(17)27-24(28)23(31-25(27)29)15-18-10-5-8-14-22(18)30-16-19-11-3-6-12-20(19)26/h3-15H,2,16H2,1H3/b23-15-. The molecule has 0 aliphatic carbocycles. The summed E-state index contributed by atoms with van der Waals surface area (Å²) in [6, 6.07) is 22.4. The van der Waals surface area contributed by atoms with Gasteiger partial charge in [0.15, 0.2) is 0 Å². The van der Waals surface area contributed by atoms with Gasteiger partial charge in [-0.1, -0.05) is 73.1 Å². The summed E-state index contributed by atoms with van der Waals surface area (Å²) in [6.07, 6.45) is 2.44. The van der Waals surface area contributed by atoms with Crippen molar-refractivity contribution in [3.05, 3.63) is 99.4 Å². The number of anilines is 1. The molecule has 2 amide bonds. The average Bonchev–Trinajstić information content (AvgIpc) is 3.06. The van der Waals surface area contributed by atoms with E-state index in [1.807, 2.05) is 73.7 Å². The Hall–Kier alpha value is -3.02. The van der Waals surface area contributed by atoms with Crippen molar-refractivity contribution in [3.63, 3.8) is 0 Å². The smallest absolute Gasteiger partial charge is 0.298 e. The molecule has 0 radical (unpaired) electrons. The van der Waals surface area contributed by atoms with Gasteiger partial charge in [-0.25, -0.2) is 4.90 Å². The molecule has 1 fully saturated rings. The predicted octanol–water partition coefficient (Wildman–Crippen LogP) is 6.72. The zero-order valence-corrected chi connectivity index (χ0v) is 18.5. The second-order valence-corrected chi connectivity index (χ2v) is 8.32. The summed E-state index contributed by atoms with van der Waals surface area (Å²) in [4.78, 5) is 27.4. The van der Waals surface area contributed by atoms with Crippen molar-refractivity contribution in [2.45, 2.75) is 20.0 Å². The van der Waals surface area contributed by atoms with E-state index < -0.39 is 0 Å². The van der Waals surface area contributed by atoms with E-state index in [9.17, 15) is 9.59 Å². The van der Waals surface area contributed by atoms with Crippen molar-refractivity contribution in [1.29, 1.82) is 0 Å². The van der Waals surface area contributed by atoms with Gasteiger partial charge in [-0.15, -0.1) is 0 Å². The molecule has 4 nitrogen and oxygen atoms in total. The van der Waals surface area contributed by atoms with Crippen molar-refractivity contribution in [1.82, 2.24) is 0 Å². The van der Waals surface area contributed by atoms with Gasteiger partial charge in [0.25, 0.3) is 11.1 Å². The Morgan fingerprint density at radius 3 is 2.39 bits per heavy atom. The number of nitrogens with zero attached hydrogens (tertiary/aromatic N) is 1. The number of halogens is 1. The van der Waals surface area contributed by atoms with E-state index in [-0.39, 0.29) is 11.1 Å². The van der Waals surface area contributed by atoms with Crippen LogP contribution in [0.1, 0.15) is 23.6 Å². The SMILES string of the molecule is CCc1ccccc1N1C(=O)S/C(=C\c2ccccc2OCc2ccccc2Cl)C1=O. The van der Waals surface area contributed by atoms with Gasteiger partial charge in [0, 0.05) is 16.1 Å². The van der Waals surface area contributed by atoms with Gasteiger partial charge >= 0.3 is 0 Å². The molecule has 1 saturated heterocycles. The molecule has 0 unspecified atom stereocenters. The van der Waals surface area contributed by atoms with Crippen molar-refractivity contribution >= 4 is 46.3 Å². The van der Waals surface area contributed by atoms with Gasteiger partial charge in [-0.3, -0.25) is 9.59 Å². The number of aryl methyl sites for hydroxylation is 1. The molecule has 3 aromatic rings. The van der Waals surface area contributed by atoms with E-state index in [0.717, 1.165) is 34.9 Å². The zero-order valence-electron chi connectivity index (χ0n) is 16.9. The quantitative estimate of drug-likeness (QED) is 0.392. The first-order valence-electron chi connectivity index (χ1n) is 9.89. The molecule has 0 saturated carbocycles. The van der Waals surface area contributed by atoms with Gasteiger partial charge in [0.1, 0.15) is 12.4 Å². The second-order valence-electron chi connectivity index (χ2n) is 6.92. The second kappa shape index (κ2) is 9.41. The number of carbonyl (C=O) groups is 2. The van der Waals surface area contributed by atoms with E-state index in [1.54, 1.807) is 12.1 Å². The minimum Gasteiger partial charge on any atom is -0.488 e. The molecule has 31 heavy (non-hydrogen) atoms. The lowest BCUT2D eigenvalue weighted by molar-refractivity contribution is -0.113. The van der Waals surface area contributed by atoms with Gasteiger partial charge in [-0.2, -0.15) is 0 Å². The van der Waals surface area contributed by atoms with Gasteiger partial charge in [-0.05, 0) is 48.0 Å². The highest BCUT2D eigenvalue weighted by Gasteiger charge is 2.37. The molecule has 4 rings (SSSR count). The van der Waals surface area contributed by atoms with Gasteiger partial charge in [0.2, 0.25) is 0 Å². The van der Waals surface area contributed by atoms with Crippen LogP contribution < -0.4 is 9.64 Å². The van der Waals surface area contributed by atoms with Crippen LogP contribution in [0, 0.1) is 0 Å². The number of benzene rings is 3. The zero-order chi connectivity index (χ0) is 21.8. The number of thioether (sulfide) groups is 1. The molecule has 3 aromatic carbocycles. The van der Waals surface area contributed by atoms with Crippen molar-refractivity contribution < 1.29 is 14.3 Å². The minimum absolute atomic E-state index is 0.299. The number of amides is 2. The maximum absolute atomic E-state index is 13.1. The summed E-state index contributed by atoms with van der Waals surface area (Å²) in [6.45, 7) is 2.30. The van der Waals surface area contributed by atoms with Crippen molar-refractivity contribution in [2.75, 3.05) is 4.90 Å². The van der Waals surface area contributed by atoms with E-state index in [1.165, 1.54) is 4.90 Å². The Morgan fingerprint density at radius 1 is 0.935 bits per heavy atom. The molecule has 1 aliphatic rings. The van der Waals surface area contributed by atoms with Crippen LogP contribution >= 0.6 is 23.4 Å². The third-order valence-electron chi connectivity index (χ3n) is 4.95. The third kappa shape index (κ3) is 4.53. The molecule has 0 aromatic heterocycles. The molecular weight excluding hydrogens is 430 g/mol. The number of rotatable bonds is 6. The number of hydrogen-bond donors (Lipinski definition) is 0. The van der Waals surface area contributed by atoms with Crippen LogP contribution in [0.3, 0.4) is 0 Å². The molecule has 6 heteroatoms. The van der Waals surface area contributed by atoms with Crippen LogP contribution in [0.5, 0.6) is 5.75 Å². The van der Waals surface area contributed by atoms with E-state index in [0.29, 0.717) is 28.0 Å². The first-order chi connectivity index (χ1) is 15.1. The normalized spacial score (nSPS) is 15.0. The maximum Gasteiger partial charge on any atom is 0.298 e. The first kappa shape index (κ1) is 21.2. The molecule has 0 N–H and O–H groups in total. The molecule has 156 valence electrons. The number of imide groups is 1. The van der Waals surface area contributed by atoms with E-state index in [4.69, 9.17) is 16.3 Å². The fourth-order valence-corrected chi connectivity index (χ4v) is 4.36. The summed E-state index contributed by atoms with van der Waals surface area (Å²) < 4.78 is 5.98. The number of para-hydroxylation sites is 2. The molecular formula is C25H20ClNO3S. The first-order valence-corrected chi connectivity index (χ1v) is 11.1. The average molecular weight is 450 g/mol. The Labute approximate surface area is 190 Å². The highest BCUT2D eigenvalue weighted by atomic mass is 35.5. The van der Waals surface area contributed by atoms with E-state index in [2.05, 4.69) is 0 Å². The topological polar surface area (TPSA) is 46.6 Å². The summed E-state index contributed by atoms with van der Waals surface area (Å²) in [7, 11) is 0. The Morgan fingerprint density at radius 2 is 1.61 bits per heavy atom. The summed E-state index contributed by atoms with van der Waals surface area (Å²) in [5, 5.41) is 0.335. The molecule has 0 spiro atoms. The third-order valence-corrected chi connectivity index (χ3v) is 6.19. The molecule has 1 heterocycles. The van der Waals surface area contributed by atoms with Crippen molar-refractivity contribution in [2.24, 2.45) is 0 Å². The Kier molecular flexibility index (Phi) is 6.44.